The molecule has 0 unspecified atom stereocenters. The molecule has 8 aromatic carbocycles. The smallest absolute Gasteiger partial charge is 0.143 e. The molecule has 9 rings (SSSR count). The third-order valence-electron chi connectivity index (χ3n) is 8.02. The van der Waals surface area contributed by atoms with Crippen molar-refractivity contribution in [1.82, 2.24) is 0 Å². The number of rotatable bonds is 3. The summed E-state index contributed by atoms with van der Waals surface area (Å²) in [6, 6.07) is 23.5. The molecule has 0 amide bonds. The Morgan fingerprint density at radius 1 is 0.415 bits per heavy atom. The normalized spacial score (nSPS) is 15.3. The van der Waals surface area contributed by atoms with Gasteiger partial charge in [-0.05, 0) is 66.2 Å². The molecule has 41 heavy (non-hydrogen) atoms. The first-order valence-electron chi connectivity index (χ1n) is 18.3. The fourth-order valence-corrected chi connectivity index (χ4v) is 6.29. The highest BCUT2D eigenvalue weighted by Gasteiger charge is 2.19. The zero-order chi connectivity index (χ0) is 35.6. The Hall–Kier alpha value is -5.40. The van der Waals surface area contributed by atoms with Crippen molar-refractivity contribution in [3.05, 3.63) is 145 Å². The molecule has 0 saturated heterocycles. The molecule has 1 heteroatoms. The van der Waals surface area contributed by atoms with Gasteiger partial charge < -0.3 is 4.42 Å². The lowest BCUT2D eigenvalue weighted by Crippen LogP contribution is -1.89. The van der Waals surface area contributed by atoms with Gasteiger partial charge in [-0.15, -0.1) is 0 Å². The molecule has 0 bridgehead atoms. The summed E-state index contributed by atoms with van der Waals surface area (Å²) in [6.45, 7) is 0. The van der Waals surface area contributed by atoms with Crippen LogP contribution in [-0.2, 0) is 0 Å². The summed E-state index contributed by atoms with van der Waals surface area (Å²) < 4.78 is 90.2. The van der Waals surface area contributed by atoms with Crippen LogP contribution in [0.2, 0.25) is 0 Å². The lowest BCUT2D eigenvalue weighted by atomic mass is 9.86. The lowest BCUT2D eigenvalue weighted by Gasteiger charge is -2.17. The third kappa shape index (κ3) is 3.24. The number of hydrogen-bond acceptors (Lipinski definition) is 1. The summed E-state index contributed by atoms with van der Waals surface area (Å²) in [5.74, 6) is 0. The van der Waals surface area contributed by atoms with Gasteiger partial charge in [0.2, 0.25) is 0 Å². The van der Waals surface area contributed by atoms with Gasteiger partial charge in [0.15, 0.2) is 0 Å². The summed E-state index contributed by atoms with van der Waals surface area (Å²) in [4.78, 5) is 0. The molecule has 190 valence electrons. The van der Waals surface area contributed by atoms with Crippen molar-refractivity contribution in [2.24, 2.45) is 0 Å². The Bertz CT molecular complexity index is 2920. The van der Waals surface area contributed by atoms with E-state index < -0.39 is 24.2 Å². The van der Waals surface area contributed by atoms with Gasteiger partial charge in [0.25, 0.3) is 0 Å². The molecule has 1 nitrogen and oxygen atoms in total. The minimum atomic E-state index is -0.456. The Morgan fingerprint density at radius 3 is 1.68 bits per heavy atom. The average Bonchev–Trinajstić information content (AvgIpc) is 3.54. The second-order valence-electron chi connectivity index (χ2n) is 10.1. The topological polar surface area (TPSA) is 13.1 Å². The highest BCUT2D eigenvalue weighted by molar-refractivity contribution is 6.29. The van der Waals surface area contributed by atoms with E-state index >= 15 is 0 Å². The molecule has 1 aromatic heterocycles. The zero-order valence-corrected chi connectivity index (χ0v) is 21.5. The van der Waals surface area contributed by atoms with Crippen molar-refractivity contribution < 1.29 is 18.1 Å². The number of para-hydroxylation sites is 1. The van der Waals surface area contributed by atoms with E-state index in [0.717, 1.165) is 54.2 Å². The van der Waals surface area contributed by atoms with Gasteiger partial charge in [0.05, 0.1) is 13.7 Å². The van der Waals surface area contributed by atoms with Gasteiger partial charge >= 0.3 is 0 Å². The molecule has 0 radical (unpaired) electrons. The first kappa shape index (κ1) is 14.8. The molecule has 0 atom stereocenters. The van der Waals surface area contributed by atoms with Crippen molar-refractivity contribution in [2.75, 3.05) is 0 Å². The van der Waals surface area contributed by atoms with E-state index in [4.69, 9.17) is 18.1 Å². The van der Waals surface area contributed by atoms with Crippen molar-refractivity contribution in [3.8, 4) is 33.4 Å². The predicted octanol–water partition coefficient (Wildman–Crippen LogP) is 11.5. The van der Waals surface area contributed by atoms with Gasteiger partial charge in [0, 0.05) is 16.3 Å². The molecule has 0 spiro atoms. The van der Waals surface area contributed by atoms with Crippen molar-refractivity contribution in [3.63, 3.8) is 0 Å². The van der Waals surface area contributed by atoms with Crippen LogP contribution in [0.4, 0.5) is 0 Å². The Labute approximate surface area is 251 Å². The number of hydrogen-bond donors (Lipinski definition) is 0. The van der Waals surface area contributed by atoms with Crippen LogP contribution in [0.25, 0.3) is 87.6 Å². The van der Waals surface area contributed by atoms with E-state index in [2.05, 4.69) is 12.1 Å². The lowest BCUT2D eigenvalue weighted by molar-refractivity contribution is 0.670. The first-order chi connectivity index (χ1) is 24.5. The van der Waals surface area contributed by atoms with Crippen LogP contribution in [-0.4, -0.2) is 0 Å². The highest BCUT2D eigenvalue weighted by atomic mass is 16.3. The van der Waals surface area contributed by atoms with E-state index in [9.17, 15) is 0 Å². The van der Waals surface area contributed by atoms with Crippen LogP contribution in [0.1, 0.15) is 13.7 Å². The second kappa shape index (κ2) is 8.55. The Kier molecular flexibility index (Phi) is 3.09. The minimum Gasteiger partial charge on any atom is -0.455 e. The quantitative estimate of drug-likeness (QED) is 0.207. The summed E-state index contributed by atoms with van der Waals surface area (Å²) in [6.07, 6.45) is 0. The molecule has 0 aliphatic rings. The molecule has 0 fully saturated rings. The largest absolute Gasteiger partial charge is 0.455 e. The molecule has 1 heterocycles. The van der Waals surface area contributed by atoms with Crippen LogP contribution in [0, 0.1) is 0 Å². The third-order valence-corrected chi connectivity index (χ3v) is 8.02. The fraction of sp³-hybridized carbons (Fsp3) is 0. The van der Waals surface area contributed by atoms with Crippen molar-refractivity contribution in [2.45, 2.75) is 0 Å². The van der Waals surface area contributed by atoms with Crippen molar-refractivity contribution >= 4 is 54.3 Å². The number of benzene rings is 8. The molecular formula is C40H24O. The molecule has 0 aliphatic heterocycles. The van der Waals surface area contributed by atoms with Crippen LogP contribution >= 0.6 is 0 Å². The summed E-state index contributed by atoms with van der Waals surface area (Å²) in [5, 5.41) is 7.11. The second-order valence-corrected chi connectivity index (χ2v) is 10.1. The van der Waals surface area contributed by atoms with Gasteiger partial charge in [-0.1, -0.05) is 139 Å². The maximum absolute atomic E-state index is 8.68. The Balaban J connectivity index is 1.33. The van der Waals surface area contributed by atoms with Crippen LogP contribution in [0.3, 0.4) is 0 Å². The maximum Gasteiger partial charge on any atom is 0.143 e. The summed E-state index contributed by atoms with van der Waals surface area (Å²) >= 11 is 0. The molecule has 0 N–H and O–H groups in total. The van der Waals surface area contributed by atoms with Gasteiger partial charge in [-0.2, -0.15) is 0 Å². The van der Waals surface area contributed by atoms with Crippen molar-refractivity contribution in [1.29, 1.82) is 0 Å². The number of furan rings is 1. The molecule has 0 saturated carbocycles. The minimum absolute atomic E-state index is 0.0739. The highest BCUT2D eigenvalue weighted by Crippen LogP contribution is 2.45. The standard InChI is InChI=1S/C40H24O/c1-3-9-25(10-4-1)29-21-17-27-20-24-34-31(22-18-28-19-23-33(29)37(27)38(28)34)32-14-8-16-36-39(32)35-15-7-13-30(40(35)41-36)26-11-5-2-6-12-26/h1-24H/i1D,2D,3D,4D,5D,6D,9D,10D,11D,12D. The number of fused-ring (bicyclic) bond motifs is 3. The van der Waals surface area contributed by atoms with Gasteiger partial charge in [0.1, 0.15) is 11.2 Å². The van der Waals surface area contributed by atoms with Crippen LogP contribution < -0.4 is 0 Å². The van der Waals surface area contributed by atoms with E-state index in [1.165, 1.54) is 0 Å². The van der Waals surface area contributed by atoms with E-state index in [1.54, 1.807) is 12.1 Å². The van der Waals surface area contributed by atoms with Crippen LogP contribution in [0.5, 0.6) is 0 Å². The van der Waals surface area contributed by atoms with E-state index in [1.807, 2.05) is 60.7 Å². The van der Waals surface area contributed by atoms with Gasteiger partial charge in [-0.3, -0.25) is 0 Å². The fourth-order valence-electron chi connectivity index (χ4n) is 6.29. The SMILES string of the molecule is [2H]c1c([2H])c([2H])c(-c2ccc3ccc4c(-c5cccc6oc7c(-c8c([2H])c([2H])c([2H])c([2H])c8[2H])cccc7c56)ccc5ccc2c3c54)c([2H])c1[2H]. The molecular weight excluding hydrogens is 496 g/mol. The summed E-state index contributed by atoms with van der Waals surface area (Å²) in [7, 11) is 0. The zero-order valence-electron chi connectivity index (χ0n) is 31.5. The van der Waals surface area contributed by atoms with E-state index in [-0.39, 0.29) is 47.4 Å². The van der Waals surface area contributed by atoms with Crippen LogP contribution in [0.15, 0.2) is 150 Å². The molecule has 9 aromatic rings. The monoisotopic (exact) mass is 530 g/mol. The summed E-state index contributed by atoms with van der Waals surface area (Å²) in [5.41, 5.74) is 3.99. The van der Waals surface area contributed by atoms with E-state index in [0.29, 0.717) is 22.3 Å². The average molecular weight is 531 g/mol. The maximum atomic E-state index is 8.68. The molecule has 0 aliphatic carbocycles. The first-order valence-corrected chi connectivity index (χ1v) is 13.3. The predicted molar refractivity (Wildman–Crippen MR) is 174 cm³/mol. The van der Waals surface area contributed by atoms with Gasteiger partial charge in [-0.25, -0.2) is 0 Å². The Morgan fingerprint density at radius 2 is 0.976 bits per heavy atom.